The molecule has 0 amide bonds. The first-order valence-electron chi connectivity index (χ1n) is 12.4. The zero-order valence-electron chi connectivity index (χ0n) is 23.0. The van der Waals surface area contributed by atoms with Crippen LogP contribution in [0.3, 0.4) is 0 Å². The van der Waals surface area contributed by atoms with E-state index in [0.717, 1.165) is 0 Å². The number of carboxylic acids is 4. The molecule has 0 aromatic carbocycles. The van der Waals surface area contributed by atoms with E-state index < -0.39 is 48.0 Å². The van der Waals surface area contributed by atoms with Crippen LogP contribution in [0.25, 0.3) is 0 Å². The molecule has 1 fully saturated rings. The van der Waals surface area contributed by atoms with Gasteiger partial charge in [0.2, 0.25) is 0 Å². The van der Waals surface area contributed by atoms with Gasteiger partial charge in [0, 0.05) is 90.3 Å². The van der Waals surface area contributed by atoms with Gasteiger partial charge in [-0.25, -0.2) is 0 Å². The van der Waals surface area contributed by atoms with Gasteiger partial charge in [0.1, 0.15) is 24.2 Å². The summed E-state index contributed by atoms with van der Waals surface area (Å²) in [6.07, 6.45) is 0. The van der Waals surface area contributed by atoms with E-state index in [2.05, 4.69) is 0 Å². The van der Waals surface area contributed by atoms with Gasteiger partial charge in [-0.2, -0.15) is 0 Å². The third kappa shape index (κ3) is 9.63. The van der Waals surface area contributed by atoms with Gasteiger partial charge >= 0.3 is 23.9 Å². The fourth-order valence-corrected chi connectivity index (χ4v) is 5.09. The Hall–Kier alpha value is -0.955. The summed E-state index contributed by atoms with van der Waals surface area (Å²) >= 11 is 0. The van der Waals surface area contributed by atoms with Crippen LogP contribution in [0.5, 0.6) is 0 Å². The Bertz CT molecular complexity index is 675. The summed E-state index contributed by atoms with van der Waals surface area (Å²) in [6.45, 7) is 14.5. The molecule has 1 heterocycles. The van der Waals surface area contributed by atoms with Crippen LogP contribution in [-0.2, 0) is 19.2 Å². The molecule has 0 aromatic rings. The molecule has 0 spiro atoms. The molecule has 0 radical (unpaired) electrons. The summed E-state index contributed by atoms with van der Waals surface area (Å²) in [5.41, 5.74) is 0. The van der Waals surface area contributed by atoms with Crippen molar-refractivity contribution in [1.82, 2.24) is 19.6 Å². The van der Waals surface area contributed by atoms with Crippen LogP contribution in [0.2, 0.25) is 0 Å². The Balaban J connectivity index is 0.0000130. The number of carbonyl (C=O) groups is 4. The van der Waals surface area contributed by atoms with Crippen molar-refractivity contribution in [2.24, 2.45) is 0 Å². The maximum atomic E-state index is 12.0. The predicted octanol–water partition coefficient (Wildman–Crippen LogP) is 0.654. The fraction of sp³-hybridized carbons (Fsp3) is 0.833. The molecule has 0 saturated carbocycles. The van der Waals surface area contributed by atoms with E-state index in [1.54, 1.807) is 47.3 Å². The van der Waals surface area contributed by atoms with E-state index >= 15 is 0 Å². The topological polar surface area (TPSA) is 162 Å². The van der Waals surface area contributed by atoms with Crippen molar-refractivity contribution in [1.29, 1.82) is 0 Å². The maximum absolute atomic E-state index is 12.0. The molecule has 8 unspecified atom stereocenters. The SMILES string of the molecule is CC1CN(C(C)C(=O)O)C(C)CN(C(C)C(=O)O)C(C)CN(C(C)C(=O)O)C(C)CN1C(C)C(=O)O.[Gd]. The first-order chi connectivity index (χ1) is 16.5. The number of nitrogens with zero attached hydrogens (tertiary/aromatic N) is 4. The zero-order chi connectivity index (χ0) is 28.1. The molecule has 37 heavy (non-hydrogen) atoms. The van der Waals surface area contributed by atoms with Gasteiger partial charge in [0.25, 0.3) is 0 Å². The van der Waals surface area contributed by atoms with Crippen LogP contribution < -0.4 is 0 Å². The van der Waals surface area contributed by atoms with Crippen LogP contribution in [0, 0.1) is 39.9 Å². The zero-order valence-corrected chi connectivity index (χ0v) is 25.3. The van der Waals surface area contributed by atoms with E-state index in [4.69, 9.17) is 0 Å². The molecule has 0 aromatic heterocycles. The molecule has 12 nitrogen and oxygen atoms in total. The number of hydrogen-bond donors (Lipinski definition) is 4. The van der Waals surface area contributed by atoms with Crippen molar-refractivity contribution in [3.63, 3.8) is 0 Å². The minimum atomic E-state index is -1.03. The van der Waals surface area contributed by atoms with E-state index in [0.29, 0.717) is 0 Å². The van der Waals surface area contributed by atoms with Crippen molar-refractivity contribution in [3.8, 4) is 0 Å². The first-order valence-corrected chi connectivity index (χ1v) is 12.4. The summed E-state index contributed by atoms with van der Waals surface area (Å²) in [7, 11) is 0. The molecule has 1 aliphatic rings. The molecular formula is C24H44GdN4O8. The van der Waals surface area contributed by atoms with E-state index in [1.165, 1.54) is 0 Å². The second kappa shape index (κ2) is 15.6. The average Bonchev–Trinajstić information content (AvgIpc) is 2.79. The van der Waals surface area contributed by atoms with E-state index in [-0.39, 0.29) is 90.3 Å². The van der Waals surface area contributed by atoms with E-state index in [1.807, 2.05) is 27.7 Å². The molecule has 216 valence electrons. The largest absolute Gasteiger partial charge is 0.480 e. The van der Waals surface area contributed by atoms with Crippen molar-refractivity contribution in [2.75, 3.05) is 26.2 Å². The summed E-state index contributed by atoms with van der Waals surface area (Å²) in [4.78, 5) is 54.9. The van der Waals surface area contributed by atoms with Crippen LogP contribution in [0.4, 0.5) is 0 Å². The number of rotatable bonds is 8. The van der Waals surface area contributed by atoms with Crippen LogP contribution in [-0.4, -0.2) is 138 Å². The maximum Gasteiger partial charge on any atom is 0.320 e. The van der Waals surface area contributed by atoms with Crippen molar-refractivity contribution in [2.45, 2.75) is 104 Å². The normalized spacial score (nSPS) is 29.0. The Kier molecular flexibility index (Phi) is 15.2. The molecule has 1 saturated heterocycles. The molecule has 0 aliphatic carbocycles. The summed E-state index contributed by atoms with van der Waals surface area (Å²) < 4.78 is 0. The van der Waals surface area contributed by atoms with Gasteiger partial charge in [0.15, 0.2) is 0 Å². The van der Waals surface area contributed by atoms with Gasteiger partial charge < -0.3 is 20.4 Å². The van der Waals surface area contributed by atoms with Crippen molar-refractivity contribution < 1.29 is 79.5 Å². The summed E-state index contributed by atoms with van der Waals surface area (Å²) in [6, 6.07) is -5.06. The van der Waals surface area contributed by atoms with Gasteiger partial charge in [0.05, 0.1) is 0 Å². The molecule has 0 bridgehead atoms. The Labute approximate surface area is 251 Å². The van der Waals surface area contributed by atoms with Gasteiger partial charge in [-0.15, -0.1) is 0 Å². The van der Waals surface area contributed by atoms with Crippen molar-refractivity contribution >= 4 is 23.9 Å². The monoisotopic (exact) mass is 674 g/mol. The van der Waals surface area contributed by atoms with Gasteiger partial charge in [-0.1, -0.05) is 0 Å². The molecule has 13 heteroatoms. The second-order valence-electron chi connectivity index (χ2n) is 10.2. The molecule has 1 rings (SSSR count). The van der Waals surface area contributed by atoms with Gasteiger partial charge in [-0.3, -0.25) is 38.8 Å². The summed E-state index contributed by atoms with van der Waals surface area (Å²) in [5, 5.41) is 39.1. The Morgan fingerprint density at radius 1 is 0.486 bits per heavy atom. The Morgan fingerprint density at radius 3 is 0.730 bits per heavy atom. The molecular weight excluding hydrogens is 630 g/mol. The first kappa shape index (κ1) is 36.0. The molecule has 1 aliphatic heterocycles. The molecule has 8 atom stereocenters. The average molecular weight is 674 g/mol. The standard InChI is InChI=1S/C24H44N4O8.Gd/c1-13-9-26(18(6)22(31)32)15(3)11-28(20(8)24(35)36)16(4)12-27(19(7)23(33)34)14(2)10-25(13)17(5)21(29)30;/h13-20H,9-12H2,1-8H3,(H,29,30)(H,31,32)(H,33,34)(H,35,36);. The summed E-state index contributed by atoms with van der Waals surface area (Å²) in [5.74, 6) is -4.11. The molecule has 4 N–H and O–H groups in total. The number of hydrogen-bond acceptors (Lipinski definition) is 8. The fourth-order valence-electron chi connectivity index (χ4n) is 5.09. The number of aliphatic carboxylic acids is 4. The minimum Gasteiger partial charge on any atom is -0.480 e. The number of carboxylic acid groups (broad SMARTS) is 4. The van der Waals surface area contributed by atoms with E-state index in [9.17, 15) is 39.6 Å². The van der Waals surface area contributed by atoms with Crippen LogP contribution in [0.1, 0.15) is 55.4 Å². The van der Waals surface area contributed by atoms with Crippen molar-refractivity contribution in [3.05, 3.63) is 0 Å². The second-order valence-corrected chi connectivity index (χ2v) is 10.2. The van der Waals surface area contributed by atoms with Crippen LogP contribution >= 0.6 is 0 Å². The quantitative estimate of drug-likeness (QED) is 0.285. The minimum absolute atomic E-state index is 0. The third-order valence-electron chi connectivity index (χ3n) is 7.58. The smallest absolute Gasteiger partial charge is 0.320 e. The Morgan fingerprint density at radius 2 is 0.622 bits per heavy atom. The third-order valence-corrected chi connectivity index (χ3v) is 7.58. The predicted molar refractivity (Wildman–Crippen MR) is 133 cm³/mol. The van der Waals surface area contributed by atoms with Gasteiger partial charge in [-0.05, 0) is 55.4 Å². The van der Waals surface area contributed by atoms with Crippen LogP contribution in [0.15, 0.2) is 0 Å².